The van der Waals surface area contributed by atoms with Crippen molar-refractivity contribution in [3.05, 3.63) is 39.3 Å². The summed E-state index contributed by atoms with van der Waals surface area (Å²) in [4.78, 5) is 46.3. The van der Waals surface area contributed by atoms with Crippen LogP contribution in [0.25, 0.3) is 5.78 Å². The number of nitrogens with one attached hydrogen (secondary N) is 1. The molecule has 1 aliphatic rings. The molecule has 0 bridgehead atoms. The Hall–Kier alpha value is -3.34. The van der Waals surface area contributed by atoms with Gasteiger partial charge in [0, 0.05) is 16.3 Å². The van der Waals surface area contributed by atoms with E-state index in [0.29, 0.717) is 10.6 Å². The summed E-state index contributed by atoms with van der Waals surface area (Å²) < 4.78 is 11.4. The lowest BCUT2D eigenvalue weighted by Crippen LogP contribution is -2.22. The minimum absolute atomic E-state index is 0.184. The van der Waals surface area contributed by atoms with Crippen molar-refractivity contribution in [2.75, 3.05) is 19.0 Å². The number of methoxy groups -OCH3 is 1. The van der Waals surface area contributed by atoms with E-state index in [2.05, 4.69) is 20.4 Å². The van der Waals surface area contributed by atoms with Gasteiger partial charge in [0.1, 0.15) is 5.00 Å². The molecule has 1 N–H and O–H groups in total. The Morgan fingerprint density at radius 1 is 1.16 bits per heavy atom. The van der Waals surface area contributed by atoms with Gasteiger partial charge in [-0.1, -0.05) is 0 Å². The van der Waals surface area contributed by atoms with Gasteiger partial charge >= 0.3 is 11.9 Å². The summed E-state index contributed by atoms with van der Waals surface area (Å²) in [5.74, 6) is -1.79. The van der Waals surface area contributed by atoms with Crippen LogP contribution in [0, 0.1) is 13.8 Å². The maximum Gasteiger partial charge on any atom is 0.378 e. The zero-order chi connectivity index (χ0) is 22.1. The highest BCUT2D eigenvalue weighted by Gasteiger charge is 2.27. The molecule has 1 aliphatic carbocycles. The summed E-state index contributed by atoms with van der Waals surface area (Å²) in [6.07, 6.45) is 3.66. The number of nitrogens with zero attached hydrogens (tertiary/aromatic N) is 4. The molecular weight excluding hydrogens is 422 g/mol. The summed E-state index contributed by atoms with van der Waals surface area (Å²) in [5.41, 5.74) is 2.84. The highest BCUT2D eigenvalue weighted by molar-refractivity contribution is 7.17. The van der Waals surface area contributed by atoms with E-state index in [1.807, 2.05) is 19.9 Å². The molecule has 0 fully saturated rings. The number of hydrogen-bond acceptors (Lipinski definition) is 9. The molecular formula is C20H21N5O5S. The molecule has 0 saturated carbocycles. The fraction of sp³-hybridized carbons (Fsp3) is 0.400. The van der Waals surface area contributed by atoms with Crippen molar-refractivity contribution in [1.29, 1.82) is 0 Å². The van der Waals surface area contributed by atoms with Crippen molar-refractivity contribution in [2.24, 2.45) is 0 Å². The van der Waals surface area contributed by atoms with Gasteiger partial charge in [0.25, 0.3) is 17.5 Å². The van der Waals surface area contributed by atoms with Crippen molar-refractivity contribution in [1.82, 2.24) is 19.6 Å². The smallest absolute Gasteiger partial charge is 0.378 e. The van der Waals surface area contributed by atoms with Gasteiger partial charge < -0.3 is 14.8 Å². The molecule has 0 radical (unpaired) electrons. The van der Waals surface area contributed by atoms with Crippen molar-refractivity contribution in [2.45, 2.75) is 39.5 Å². The second-order valence-corrected chi connectivity index (χ2v) is 8.32. The van der Waals surface area contributed by atoms with Crippen LogP contribution < -0.4 is 5.32 Å². The third-order valence-corrected chi connectivity index (χ3v) is 6.16. The van der Waals surface area contributed by atoms with Crippen LogP contribution >= 0.6 is 11.3 Å². The molecule has 4 rings (SSSR count). The van der Waals surface area contributed by atoms with Gasteiger partial charge in [-0.2, -0.15) is 4.98 Å². The summed E-state index contributed by atoms with van der Waals surface area (Å²) in [5, 5.41) is 7.18. The molecule has 1 amide bonds. The maximum absolute atomic E-state index is 12.4. The SMILES string of the molecule is COC(=O)c1c(NC(=O)COC(=O)c2nc3nc(C)cc(C)n3n2)sc2c1CCCC2. The fourth-order valence-corrected chi connectivity index (χ4v) is 4.88. The van der Waals surface area contributed by atoms with Crippen LogP contribution in [0.15, 0.2) is 6.07 Å². The Morgan fingerprint density at radius 2 is 1.94 bits per heavy atom. The first-order valence-electron chi connectivity index (χ1n) is 9.78. The lowest BCUT2D eigenvalue weighted by Gasteiger charge is -2.11. The third kappa shape index (κ3) is 4.13. The Balaban J connectivity index is 1.45. The van der Waals surface area contributed by atoms with E-state index in [4.69, 9.17) is 9.47 Å². The second-order valence-electron chi connectivity index (χ2n) is 7.22. The summed E-state index contributed by atoms with van der Waals surface area (Å²) in [6.45, 7) is 3.09. The number of thiophene rings is 1. The maximum atomic E-state index is 12.4. The van der Waals surface area contributed by atoms with Crippen molar-refractivity contribution < 1.29 is 23.9 Å². The molecule has 162 valence electrons. The quantitative estimate of drug-likeness (QED) is 0.596. The highest BCUT2D eigenvalue weighted by Crippen LogP contribution is 2.38. The lowest BCUT2D eigenvalue weighted by atomic mass is 9.95. The van der Waals surface area contributed by atoms with Gasteiger partial charge in [0.15, 0.2) is 6.61 Å². The third-order valence-electron chi connectivity index (χ3n) is 4.95. The highest BCUT2D eigenvalue weighted by atomic mass is 32.1. The number of aryl methyl sites for hydroxylation is 3. The Morgan fingerprint density at radius 3 is 2.71 bits per heavy atom. The topological polar surface area (TPSA) is 125 Å². The number of fused-ring (bicyclic) bond motifs is 2. The molecule has 10 nitrogen and oxygen atoms in total. The van der Waals surface area contributed by atoms with Gasteiger partial charge in [-0.05, 0) is 51.2 Å². The van der Waals surface area contributed by atoms with Crippen LogP contribution in [0.4, 0.5) is 5.00 Å². The zero-order valence-electron chi connectivity index (χ0n) is 17.4. The molecule has 3 heterocycles. The second kappa shape index (κ2) is 8.42. The number of amides is 1. The predicted octanol–water partition coefficient (Wildman–Crippen LogP) is 2.26. The number of aromatic nitrogens is 4. The first-order chi connectivity index (χ1) is 14.9. The average Bonchev–Trinajstić information content (AvgIpc) is 3.32. The minimum atomic E-state index is -0.837. The summed E-state index contributed by atoms with van der Waals surface area (Å²) in [6, 6.07) is 1.81. The lowest BCUT2D eigenvalue weighted by molar-refractivity contribution is -0.119. The van der Waals surface area contributed by atoms with E-state index in [1.54, 1.807) is 0 Å². The number of rotatable bonds is 5. The van der Waals surface area contributed by atoms with E-state index >= 15 is 0 Å². The number of esters is 2. The molecule has 3 aromatic heterocycles. The number of carbonyl (C=O) groups is 3. The Labute approximate surface area is 181 Å². The minimum Gasteiger partial charge on any atom is -0.465 e. The molecule has 31 heavy (non-hydrogen) atoms. The molecule has 3 aromatic rings. The van der Waals surface area contributed by atoms with Crippen molar-refractivity contribution in [3.8, 4) is 0 Å². The Bertz CT molecular complexity index is 1200. The summed E-state index contributed by atoms with van der Waals surface area (Å²) in [7, 11) is 1.31. The van der Waals surface area contributed by atoms with Crippen LogP contribution in [0.2, 0.25) is 0 Å². The molecule has 0 spiro atoms. The monoisotopic (exact) mass is 443 g/mol. The Kier molecular flexibility index (Phi) is 5.68. The van der Waals surface area contributed by atoms with E-state index in [0.717, 1.165) is 47.5 Å². The molecule has 0 unspecified atom stereocenters. The van der Waals surface area contributed by atoms with Gasteiger partial charge in [-0.3, -0.25) is 4.79 Å². The number of carbonyl (C=O) groups excluding carboxylic acids is 3. The van der Waals surface area contributed by atoms with Crippen LogP contribution in [-0.2, 0) is 27.1 Å². The standard InChI is InChI=1S/C20H21N5O5S/c1-10-8-11(2)25-20(21-10)23-16(24-25)19(28)30-9-14(26)22-17-15(18(27)29-3)12-6-4-5-7-13(12)31-17/h8H,4-7,9H2,1-3H3,(H,22,26). The predicted molar refractivity (Wildman–Crippen MR) is 111 cm³/mol. The molecule has 11 heteroatoms. The van der Waals surface area contributed by atoms with Crippen molar-refractivity contribution in [3.63, 3.8) is 0 Å². The van der Waals surface area contributed by atoms with Gasteiger partial charge in [-0.25, -0.2) is 19.1 Å². The van der Waals surface area contributed by atoms with Gasteiger partial charge in [0.05, 0.1) is 12.7 Å². The first-order valence-corrected chi connectivity index (χ1v) is 10.6. The van der Waals surface area contributed by atoms with Crippen LogP contribution in [0.5, 0.6) is 0 Å². The van der Waals surface area contributed by atoms with Crippen molar-refractivity contribution >= 4 is 40.0 Å². The van der Waals surface area contributed by atoms with E-state index in [1.165, 1.54) is 23.0 Å². The molecule has 0 aromatic carbocycles. The molecule has 0 atom stereocenters. The zero-order valence-corrected chi connectivity index (χ0v) is 18.2. The first kappa shape index (κ1) is 20.9. The summed E-state index contributed by atoms with van der Waals surface area (Å²) >= 11 is 1.36. The number of ether oxygens (including phenoxy) is 2. The molecule has 0 saturated heterocycles. The largest absolute Gasteiger partial charge is 0.465 e. The van der Waals surface area contributed by atoms with Gasteiger partial charge in [-0.15, -0.1) is 16.4 Å². The van der Waals surface area contributed by atoms with Crippen LogP contribution in [0.3, 0.4) is 0 Å². The average molecular weight is 443 g/mol. The number of anilines is 1. The van der Waals surface area contributed by atoms with E-state index in [-0.39, 0.29) is 11.6 Å². The normalized spacial score (nSPS) is 13.0. The van der Waals surface area contributed by atoms with Crippen LogP contribution in [0.1, 0.15) is 55.6 Å². The van der Waals surface area contributed by atoms with Gasteiger partial charge in [0.2, 0.25) is 0 Å². The van der Waals surface area contributed by atoms with E-state index < -0.39 is 24.5 Å². The number of hydrogen-bond donors (Lipinski definition) is 1. The molecule has 0 aliphatic heterocycles. The van der Waals surface area contributed by atoms with E-state index in [9.17, 15) is 14.4 Å². The van der Waals surface area contributed by atoms with Crippen LogP contribution in [-0.4, -0.2) is 51.1 Å². The fourth-order valence-electron chi connectivity index (χ4n) is 3.58.